The molecule has 2 aliphatic heterocycles. The van der Waals surface area contributed by atoms with Crippen LogP contribution in [0.4, 0.5) is 0 Å². The Bertz CT molecular complexity index is 576. The van der Waals surface area contributed by atoms with Crippen LogP contribution in [0.2, 0.25) is 0 Å². The molecule has 1 aromatic rings. The van der Waals surface area contributed by atoms with E-state index >= 15 is 0 Å². The Morgan fingerprint density at radius 1 is 1.20 bits per heavy atom. The van der Waals surface area contributed by atoms with E-state index in [-0.39, 0.29) is 0 Å². The zero-order valence-corrected chi connectivity index (χ0v) is 12.5. The largest absolute Gasteiger partial charge is 0.497 e. The molecule has 2 heterocycles. The second-order valence-electron chi connectivity index (χ2n) is 5.40. The van der Waals surface area contributed by atoms with Gasteiger partial charge in [-0.1, -0.05) is 6.07 Å². The van der Waals surface area contributed by atoms with E-state index in [9.17, 15) is 8.42 Å². The monoisotopic (exact) mass is 296 g/mol. The molecule has 0 amide bonds. The number of ether oxygens (including phenoxy) is 1. The van der Waals surface area contributed by atoms with E-state index in [2.05, 4.69) is 4.90 Å². The van der Waals surface area contributed by atoms with Crippen molar-refractivity contribution < 1.29 is 13.2 Å². The molecule has 0 aromatic heterocycles. The van der Waals surface area contributed by atoms with Crippen LogP contribution in [-0.2, 0) is 10.0 Å². The molecule has 0 atom stereocenters. The summed E-state index contributed by atoms with van der Waals surface area (Å²) in [7, 11) is -1.83. The molecule has 0 N–H and O–H groups in total. The van der Waals surface area contributed by atoms with E-state index in [0.717, 1.165) is 13.1 Å². The topological polar surface area (TPSA) is 49.9 Å². The molecule has 0 spiro atoms. The highest BCUT2D eigenvalue weighted by molar-refractivity contribution is 7.89. The van der Waals surface area contributed by atoms with Crippen LogP contribution in [0.1, 0.15) is 12.8 Å². The van der Waals surface area contributed by atoms with Gasteiger partial charge in [0.05, 0.1) is 12.0 Å². The predicted octanol–water partition coefficient (Wildman–Crippen LogP) is 1.16. The molecule has 1 aromatic carbocycles. The fraction of sp³-hybridized carbons (Fsp3) is 0.571. The zero-order chi connectivity index (χ0) is 14.2. The first-order valence-corrected chi connectivity index (χ1v) is 8.43. The van der Waals surface area contributed by atoms with Gasteiger partial charge in [0.25, 0.3) is 0 Å². The third kappa shape index (κ3) is 2.43. The van der Waals surface area contributed by atoms with Crippen molar-refractivity contribution >= 4 is 10.0 Å². The Morgan fingerprint density at radius 2 is 1.90 bits per heavy atom. The lowest BCUT2D eigenvalue weighted by Gasteiger charge is -2.42. The van der Waals surface area contributed by atoms with Crippen LogP contribution < -0.4 is 4.74 Å². The highest BCUT2D eigenvalue weighted by Crippen LogP contribution is 2.27. The summed E-state index contributed by atoms with van der Waals surface area (Å²) < 4.78 is 31.6. The lowest BCUT2D eigenvalue weighted by Crippen LogP contribution is -2.60. The Morgan fingerprint density at radius 3 is 2.55 bits per heavy atom. The second kappa shape index (κ2) is 5.35. The maximum atomic E-state index is 12.5. The minimum atomic E-state index is -3.37. The van der Waals surface area contributed by atoms with Crippen molar-refractivity contribution in [1.29, 1.82) is 0 Å². The third-order valence-electron chi connectivity index (χ3n) is 4.16. The molecular weight excluding hydrogens is 276 g/mol. The van der Waals surface area contributed by atoms with Crippen LogP contribution in [0.25, 0.3) is 0 Å². The Hall–Kier alpha value is -1.11. The van der Waals surface area contributed by atoms with Gasteiger partial charge in [-0.2, -0.15) is 4.31 Å². The van der Waals surface area contributed by atoms with Crippen molar-refractivity contribution in [2.24, 2.45) is 0 Å². The number of benzene rings is 1. The van der Waals surface area contributed by atoms with E-state index in [1.54, 1.807) is 35.7 Å². The van der Waals surface area contributed by atoms with Gasteiger partial charge < -0.3 is 4.74 Å². The molecule has 2 fully saturated rings. The molecule has 2 aliphatic rings. The van der Waals surface area contributed by atoms with Gasteiger partial charge in [0, 0.05) is 25.2 Å². The summed E-state index contributed by atoms with van der Waals surface area (Å²) in [5.41, 5.74) is 0. The maximum Gasteiger partial charge on any atom is 0.243 e. The molecule has 6 heteroatoms. The molecule has 5 nitrogen and oxygen atoms in total. The molecule has 20 heavy (non-hydrogen) atoms. The van der Waals surface area contributed by atoms with E-state index in [0.29, 0.717) is 29.8 Å². The quantitative estimate of drug-likeness (QED) is 0.837. The molecule has 0 aliphatic carbocycles. The Labute approximate surface area is 120 Å². The summed E-state index contributed by atoms with van der Waals surface area (Å²) in [6.45, 7) is 3.44. The zero-order valence-electron chi connectivity index (χ0n) is 11.7. The van der Waals surface area contributed by atoms with Gasteiger partial charge in [0.1, 0.15) is 5.75 Å². The first-order valence-electron chi connectivity index (χ1n) is 6.99. The SMILES string of the molecule is COc1cccc(S(=O)(=O)N2CC(N3CCCC3)C2)c1. The van der Waals surface area contributed by atoms with Crippen molar-refractivity contribution in [1.82, 2.24) is 9.21 Å². The van der Waals surface area contributed by atoms with Crippen molar-refractivity contribution in [3.05, 3.63) is 24.3 Å². The number of rotatable bonds is 4. The summed E-state index contributed by atoms with van der Waals surface area (Å²) in [6, 6.07) is 7.07. The van der Waals surface area contributed by atoms with Crippen molar-refractivity contribution in [2.75, 3.05) is 33.3 Å². The van der Waals surface area contributed by atoms with Gasteiger partial charge in [-0.3, -0.25) is 4.90 Å². The van der Waals surface area contributed by atoms with E-state index in [4.69, 9.17) is 4.74 Å². The van der Waals surface area contributed by atoms with Gasteiger partial charge in [-0.05, 0) is 38.1 Å². The number of sulfonamides is 1. The third-order valence-corrected chi connectivity index (χ3v) is 5.99. The average Bonchev–Trinajstić information content (AvgIpc) is 2.90. The average molecular weight is 296 g/mol. The van der Waals surface area contributed by atoms with Crippen LogP contribution >= 0.6 is 0 Å². The minimum absolute atomic E-state index is 0.316. The molecule has 0 radical (unpaired) electrons. The van der Waals surface area contributed by atoms with E-state index in [1.807, 2.05) is 0 Å². The smallest absolute Gasteiger partial charge is 0.243 e. The lowest BCUT2D eigenvalue weighted by atomic mass is 10.1. The van der Waals surface area contributed by atoms with Gasteiger partial charge in [-0.15, -0.1) is 0 Å². The molecule has 110 valence electrons. The predicted molar refractivity (Wildman–Crippen MR) is 76.3 cm³/mol. The summed E-state index contributed by atoms with van der Waals surface area (Å²) in [5, 5.41) is 0. The van der Waals surface area contributed by atoms with Crippen molar-refractivity contribution in [3.63, 3.8) is 0 Å². The highest BCUT2D eigenvalue weighted by Gasteiger charge is 2.40. The van der Waals surface area contributed by atoms with Gasteiger partial charge in [0.2, 0.25) is 10.0 Å². The van der Waals surface area contributed by atoms with E-state index in [1.165, 1.54) is 12.8 Å². The van der Waals surface area contributed by atoms with Gasteiger partial charge >= 0.3 is 0 Å². The fourth-order valence-corrected chi connectivity index (χ4v) is 4.41. The summed E-state index contributed by atoms with van der Waals surface area (Å²) in [6.07, 6.45) is 2.47. The first kappa shape index (κ1) is 13.9. The Balaban J connectivity index is 1.70. The van der Waals surface area contributed by atoms with Crippen LogP contribution in [-0.4, -0.2) is 57.0 Å². The first-order chi connectivity index (χ1) is 9.61. The van der Waals surface area contributed by atoms with Gasteiger partial charge in [-0.25, -0.2) is 8.42 Å². The molecular formula is C14H20N2O3S. The number of methoxy groups -OCH3 is 1. The summed E-state index contributed by atoms with van der Waals surface area (Å²) >= 11 is 0. The summed E-state index contributed by atoms with van der Waals surface area (Å²) in [5.74, 6) is 0.572. The maximum absolute atomic E-state index is 12.5. The minimum Gasteiger partial charge on any atom is -0.497 e. The van der Waals surface area contributed by atoms with Crippen LogP contribution in [0.15, 0.2) is 29.2 Å². The Kier molecular flexibility index (Phi) is 3.70. The number of likely N-dealkylation sites (tertiary alicyclic amines) is 1. The fourth-order valence-electron chi connectivity index (χ4n) is 2.86. The standard InChI is InChI=1S/C14H20N2O3S/c1-19-13-5-4-6-14(9-13)20(17,18)16-10-12(11-16)15-7-2-3-8-15/h4-6,9,12H,2-3,7-8,10-11H2,1H3. The van der Waals surface area contributed by atoms with Crippen LogP contribution in [0, 0.1) is 0 Å². The van der Waals surface area contributed by atoms with E-state index < -0.39 is 10.0 Å². The lowest BCUT2D eigenvalue weighted by molar-refractivity contribution is 0.110. The molecule has 2 saturated heterocycles. The van der Waals surface area contributed by atoms with Crippen molar-refractivity contribution in [3.8, 4) is 5.75 Å². The van der Waals surface area contributed by atoms with Crippen LogP contribution in [0.5, 0.6) is 5.75 Å². The van der Waals surface area contributed by atoms with Crippen molar-refractivity contribution in [2.45, 2.75) is 23.8 Å². The molecule has 0 saturated carbocycles. The van der Waals surface area contributed by atoms with Gasteiger partial charge in [0.15, 0.2) is 0 Å². The second-order valence-corrected chi connectivity index (χ2v) is 7.34. The number of nitrogens with zero attached hydrogens (tertiary/aromatic N) is 2. The normalized spacial score (nSPS) is 21.9. The molecule has 0 bridgehead atoms. The molecule has 3 rings (SSSR count). The highest BCUT2D eigenvalue weighted by atomic mass is 32.2. The molecule has 0 unspecified atom stereocenters. The number of hydrogen-bond acceptors (Lipinski definition) is 4. The number of hydrogen-bond donors (Lipinski definition) is 0. The summed E-state index contributed by atoms with van der Waals surface area (Å²) in [4.78, 5) is 2.72. The van der Waals surface area contributed by atoms with Crippen LogP contribution in [0.3, 0.4) is 0 Å².